The molecule has 0 spiro atoms. The molecule has 0 saturated heterocycles. The molecule has 1 aromatic heterocycles. The van der Waals surface area contributed by atoms with Gasteiger partial charge in [0.25, 0.3) is 0 Å². The molecule has 8 heteroatoms. The van der Waals surface area contributed by atoms with Crippen LogP contribution >= 0.6 is 12.4 Å². The third-order valence-electron chi connectivity index (χ3n) is 2.11. The molecule has 0 radical (unpaired) electrons. The standard InChI is InChI=1S/C9H10F5NO.ClH/c1-2-5-3-4-6(16-5)7(15)8(10,11)9(12,13)14;/h3-4,7H,2,15H2,1H3;1H/t7-;/m0./s1. The Balaban J connectivity index is 0.00000256. The second-order valence-electron chi connectivity index (χ2n) is 3.26. The summed E-state index contributed by atoms with van der Waals surface area (Å²) < 4.78 is 66.4. The smallest absolute Gasteiger partial charge is 0.455 e. The Morgan fingerprint density at radius 1 is 1.24 bits per heavy atom. The van der Waals surface area contributed by atoms with Gasteiger partial charge in [-0.1, -0.05) is 6.92 Å². The van der Waals surface area contributed by atoms with Crippen LogP contribution < -0.4 is 5.73 Å². The van der Waals surface area contributed by atoms with Crippen LogP contribution in [-0.2, 0) is 6.42 Å². The number of hydrogen-bond acceptors (Lipinski definition) is 2. The third kappa shape index (κ3) is 3.10. The summed E-state index contributed by atoms with van der Waals surface area (Å²) in [5, 5.41) is 0. The number of furan rings is 1. The van der Waals surface area contributed by atoms with Crippen molar-refractivity contribution >= 4 is 12.4 Å². The molecule has 2 N–H and O–H groups in total. The highest BCUT2D eigenvalue weighted by molar-refractivity contribution is 5.85. The average Bonchev–Trinajstić information content (AvgIpc) is 2.62. The van der Waals surface area contributed by atoms with Gasteiger partial charge in [-0.25, -0.2) is 0 Å². The van der Waals surface area contributed by atoms with Gasteiger partial charge in [-0.05, 0) is 12.1 Å². The highest BCUT2D eigenvalue weighted by atomic mass is 35.5. The summed E-state index contributed by atoms with van der Waals surface area (Å²) in [5.41, 5.74) is 4.86. The summed E-state index contributed by atoms with van der Waals surface area (Å²) in [6, 6.07) is -0.169. The Labute approximate surface area is 100 Å². The van der Waals surface area contributed by atoms with Crippen LogP contribution in [-0.4, -0.2) is 12.1 Å². The maximum Gasteiger partial charge on any atom is 0.455 e. The number of rotatable bonds is 3. The number of hydrogen-bond donors (Lipinski definition) is 1. The van der Waals surface area contributed by atoms with Gasteiger partial charge in [-0.2, -0.15) is 22.0 Å². The lowest BCUT2D eigenvalue weighted by Crippen LogP contribution is -2.45. The van der Waals surface area contributed by atoms with Crippen LogP contribution in [0.4, 0.5) is 22.0 Å². The van der Waals surface area contributed by atoms with Crippen LogP contribution in [0.5, 0.6) is 0 Å². The summed E-state index contributed by atoms with van der Waals surface area (Å²) in [6.45, 7) is 1.68. The van der Waals surface area contributed by atoms with Crippen molar-refractivity contribution in [1.82, 2.24) is 0 Å². The van der Waals surface area contributed by atoms with Gasteiger partial charge >= 0.3 is 12.1 Å². The van der Waals surface area contributed by atoms with Gasteiger partial charge in [-0.3, -0.25) is 0 Å². The molecule has 0 aliphatic heterocycles. The molecule has 17 heavy (non-hydrogen) atoms. The molecule has 1 heterocycles. The fourth-order valence-corrected chi connectivity index (χ4v) is 1.11. The molecule has 0 aliphatic rings. The zero-order valence-corrected chi connectivity index (χ0v) is 9.54. The van der Waals surface area contributed by atoms with E-state index in [4.69, 9.17) is 10.2 Å². The summed E-state index contributed by atoms with van der Waals surface area (Å²) in [7, 11) is 0. The highest BCUT2D eigenvalue weighted by Crippen LogP contribution is 2.43. The second kappa shape index (κ2) is 5.22. The fourth-order valence-electron chi connectivity index (χ4n) is 1.11. The van der Waals surface area contributed by atoms with E-state index >= 15 is 0 Å². The van der Waals surface area contributed by atoms with Gasteiger partial charge in [-0.15, -0.1) is 12.4 Å². The summed E-state index contributed by atoms with van der Waals surface area (Å²) in [6.07, 6.45) is -5.30. The molecule has 1 atom stereocenters. The first-order valence-electron chi connectivity index (χ1n) is 4.49. The van der Waals surface area contributed by atoms with Crippen molar-refractivity contribution < 1.29 is 26.4 Å². The van der Waals surface area contributed by atoms with E-state index < -0.39 is 23.9 Å². The summed E-state index contributed by atoms with van der Waals surface area (Å²) in [4.78, 5) is 0. The predicted molar refractivity (Wildman–Crippen MR) is 53.3 cm³/mol. The van der Waals surface area contributed by atoms with Crippen LogP contribution in [0.3, 0.4) is 0 Å². The number of aryl methyl sites for hydroxylation is 1. The number of halogens is 6. The van der Waals surface area contributed by atoms with Crippen molar-refractivity contribution in [3.63, 3.8) is 0 Å². The minimum atomic E-state index is -5.69. The number of nitrogens with two attached hydrogens (primary N) is 1. The van der Waals surface area contributed by atoms with Crippen molar-refractivity contribution in [3.8, 4) is 0 Å². The lowest BCUT2D eigenvalue weighted by atomic mass is 10.1. The van der Waals surface area contributed by atoms with Gasteiger partial charge < -0.3 is 10.2 Å². The molecule has 0 aromatic carbocycles. The second-order valence-corrected chi connectivity index (χ2v) is 3.26. The van der Waals surface area contributed by atoms with Gasteiger partial charge in [0.15, 0.2) is 0 Å². The van der Waals surface area contributed by atoms with E-state index in [-0.39, 0.29) is 12.4 Å². The quantitative estimate of drug-likeness (QED) is 0.861. The normalized spacial score (nSPS) is 14.3. The van der Waals surface area contributed by atoms with Crippen LogP contribution in [0.25, 0.3) is 0 Å². The van der Waals surface area contributed by atoms with Gasteiger partial charge in [0.2, 0.25) is 0 Å². The first kappa shape index (κ1) is 16.2. The zero-order chi connectivity index (χ0) is 12.6. The van der Waals surface area contributed by atoms with E-state index in [0.29, 0.717) is 12.2 Å². The molecule has 0 saturated carbocycles. The largest absolute Gasteiger partial charge is 0.464 e. The van der Waals surface area contributed by atoms with Crippen molar-refractivity contribution in [1.29, 1.82) is 0 Å². The Bertz CT molecular complexity index is 363. The van der Waals surface area contributed by atoms with E-state index in [2.05, 4.69) is 0 Å². The molecule has 100 valence electrons. The van der Waals surface area contributed by atoms with Crippen LogP contribution in [0.2, 0.25) is 0 Å². The van der Waals surface area contributed by atoms with Crippen molar-refractivity contribution in [2.24, 2.45) is 5.73 Å². The minimum absolute atomic E-state index is 0. The third-order valence-corrected chi connectivity index (χ3v) is 2.11. The Hall–Kier alpha value is -0.820. The molecule has 2 nitrogen and oxygen atoms in total. The topological polar surface area (TPSA) is 39.2 Å². The van der Waals surface area contributed by atoms with Crippen LogP contribution in [0, 0.1) is 0 Å². The lowest BCUT2D eigenvalue weighted by molar-refractivity contribution is -0.292. The molecular weight excluding hydrogens is 269 g/mol. The zero-order valence-electron chi connectivity index (χ0n) is 8.72. The molecule has 0 aliphatic carbocycles. The van der Waals surface area contributed by atoms with E-state index in [1.165, 1.54) is 6.07 Å². The van der Waals surface area contributed by atoms with Crippen molar-refractivity contribution in [2.75, 3.05) is 0 Å². The SMILES string of the molecule is CCc1ccc([C@H](N)C(F)(F)C(F)(F)F)o1.Cl. The Morgan fingerprint density at radius 2 is 1.76 bits per heavy atom. The van der Waals surface area contributed by atoms with E-state index in [0.717, 1.165) is 6.07 Å². The minimum Gasteiger partial charge on any atom is -0.464 e. The molecule has 1 rings (SSSR count). The molecule has 0 fully saturated rings. The lowest BCUT2D eigenvalue weighted by Gasteiger charge is -2.24. The van der Waals surface area contributed by atoms with Gasteiger partial charge in [0.1, 0.15) is 17.6 Å². The average molecular weight is 280 g/mol. The van der Waals surface area contributed by atoms with Gasteiger partial charge in [0.05, 0.1) is 0 Å². The first-order chi connectivity index (χ1) is 7.20. The van der Waals surface area contributed by atoms with Crippen molar-refractivity contribution in [2.45, 2.75) is 31.5 Å². The first-order valence-corrected chi connectivity index (χ1v) is 4.49. The molecule has 0 bridgehead atoms. The fraction of sp³-hybridized carbons (Fsp3) is 0.556. The Kier molecular flexibility index (Phi) is 4.97. The maximum atomic E-state index is 12.8. The monoisotopic (exact) mass is 279 g/mol. The molecule has 0 amide bonds. The van der Waals surface area contributed by atoms with Crippen molar-refractivity contribution in [3.05, 3.63) is 23.7 Å². The molecule has 1 aromatic rings. The number of alkyl halides is 5. The van der Waals surface area contributed by atoms with E-state index in [1.54, 1.807) is 6.92 Å². The van der Waals surface area contributed by atoms with E-state index in [1.807, 2.05) is 0 Å². The maximum absolute atomic E-state index is 12.8. The van der Waals surface area contributed by atoms with Gasteiger partial charge in [0, 0.05) is 6.42 Å². The van der Waals surface area contributed by atoms with Crippen LogP contribution in [0.15, 0.2) is 16.5 Å². The Morgan fingerprint density at radius 3 is 2.12 bits per heavy atom. The highest BCUT2D eigenvalue weighted by Gasteiger charge is 2.62. The van der Waals surface area contributed by atoms with Crippen LogP contribution in [0.1, 0.15) is 24.5 Å². The molecule has 0 unspecified atom stereocenters. The summed E-state index contributed by atoms with van der Waals surface area (Å²) >= 11 is 0. The summed E-state index contributed by atoms with van der Waals surface area (Å²) in [5.74, 6) is -5.27. The molecular formula is C9H11ClF5NO. The van der Waals surface area contributed by atoms with E-state index in [9.17, 15) is 22.0 Å². The predicted octanol–water partition coefficient (Wildman–Crippen LogP) is 3.46.